The maximum absolute atomic E-state index is 11.3. The molecule has 36 heavy (non-hydrogen) atoms. The van der Waals surface area contributed by atoms with Crippen LogP contribution in [-0.2, 0) is 20.2 Å². The smallest absolute Gasteiger partial charge is 0.265 e. The Kier molecular flexibility index (Phi) is 18.8. The third-order valence-corrected chi connectivity index (χ3v) is 9.09. The molecule has 2 N–H and O–H groups in total. The van der Waals surface area contributed by atoms with Crippen LogP contribution in [0.5, 0.6) is 0 Å². The fourth-order valence-electron chi connectivity index (χ4n) is 4.96. The van der Waals surface area contributed by atoms with E-state index in [1.807, 2.05) is 0 Å². The minimum absolute atomic E-state index is 0.213. The van der Waals surface area contributed by atoms with Crippen molar-refractivity contribution in [2.75, 3.05) is 64.9 Å². The van der Waals surface area contributed by atoms with Gasteiger partial charge >= 0.3 is 0 Å². The summed E-state index contributed by atoms with van der Waals surface area (Å²) in [6.45, 7) is 9.49. The first-order valence-corrected chi connectivity index (χ1v) is 17.5. The number of quaternary nitrogens is 2. The molecular formula is C26H58N2O6S2+2. The van der Waals surface area contributed by atoms with Crippen LogP contribution in [0, 0.1) is 0 Å². The van der Waals surface area contributed by atoms with Gasteiger partial charge in [-0.25, -0.2) is 0 Å². The van der Waals surface area contributed by atoms with Crippen molar-refractivity contribution in [3.05, 3.63) is 0 Å². The monoisotopic (exact) mass is 558 g/mol. The van der Waals surface area contributed by atoms with Crippen LogP contribution in [0.15, 0.2) is 0 Å². The molecule has 0 aliphatic carbocycles. The number of likely N-dealkylation sites (N-methyl/N-ethyl adjacent to an activating group) is 2. The second-order valence-corrected chi connectivity index (χ2v) is 14.5. The zero-order chi connectivity index (χ0) is 27.6. The first-order chi connectivity index (χ1) is 16.7. The highest BCUT2D eigenvalue weighted by Gasteiger charge is 2.29. The van der Waals surface area contributed by atoms with Crippen LogP contribution in [0.1, 0.15) is 104 Å². The van der Waals surface area contributed by atoms with E-state index >= 15 is 0 Å². The van der Waals surface area contributed by atoms with Gasteiger partial charge in [0.05, 0.1) is 51.8 Å². The van der Waals surface area contributed by atoms with Gasteiger partial charge in [-0.3, -0.25) is 9.11 Å². The molecule has 0 radical (unpaired) electrons. The molecule has 0 aliphatic heterocycles. The summed E-state index contributed by atoms with van der Waals surface area (Å²) in [4.78, 5) is 0. The van der Waals surface area contributed by atoms with Crippen LogP contribution in [-0.4, -0.2) is 99.8 Å². The van der Waals surface area contributed by atoms with Crippen molar-refractivity contribution in [2.45, 2.75) is 104 Å². The highest BCUT2D eigenvalue weighted by atomic mass is 32.2. The lowest BCUT2D eigenvalue weighted by Gasteiger charge is -2.40. The maximum atomic E-state index is 11.3. The number of rotatable bonds is 25. The van der Waals surface area contributed by atoms with Crippen LogP contribution in [0.3, 0.4) is 0 Å². The normalized spacial score (nSPS) is 16.1. The minimum Gasteiger partial charge on any atom is -0.321 e. The number of hydrogen-bond acceptors (Lipinski definition) is 4. The Balaban J connectivity index is 5.13. The molecule has 0 heterocycles. The van der Waals surface area contributed by atoms with Crippen molar-refractivity contribution < 1.29 is 34.9 Å². The van der Waals surface area contributed by atoms with Crippen molar-refractivity contribution in [1.82, 2.24) is 0 Å². The molecule has 0 rings (SSSR count). The quantitative estimate of drug-likeness (QED) is 0.0911. The molecule has 8 nitrogen and oxygen atoms in total. The van der Waals surface area contributed by atoms with Gasteiger partial charge in [-0.1, -0.05) is 65.2 Å². The second kappa shape index (κ2) is 18.9. The lowest BCUT2D eigenvalue weighted by atomic mass is 10.1. The summed E-state index contributed by atoms with van der Waals surface area (Å²) in [7, 11) is -3.57. The van der Waals surface area contributed by atoms with E-state index in [-0.39, 0.29) is 11.5 Å². The highest BCUT2D eigenvalue weighted by Crippen LogP contribution is 2.16. The molecule has 2 atom stereocenters. The predicted octanol–water partition coefficient (Wildman–Crippen LogP) is 5.16. The van der Waals surface area contributed by atoms with Gasteiger partial charge in [0.2, 0.25) is 0 Å². The summed E-state index contributed by atoms with van der Waals surface area (Å²) in [6, 6.07) is 0. The first kappa shape index (κ1) is 35.7. The molecule has 0 spiro atoms. The fraction of sp³-hybridized carbons (Fsp3) is 1.00. The lowest BCUT2D eigenvalue weighted by molar-refractivity contribution is -0.964. The molecule has 0 aliphatic rings. The van der Waals surface area contributed by atoms with Gasteiger partial charge in [0.15, 0.2) is 0 Å². The van der Waals surface area contributed by atoms with Crippen molar-refractivity contribution in [3.8, 4) is 0 Å². The average molecular weight is 559 g/mol. The summed E-state index contributed by atoms with van der Waals surface area (Å²) in [5.74, 6) is -0.425. The second-order valence-electron chi connectivity index (χ2n) is 11.4. The molecule has 218 valence electrons. The summed E-state index contributed by atoms with van der Waals surface area (Å²) in [6.07, 6.45) is 15.3. The molecule has 0 saturated heterocycles. The molecular weight excluding hydrogens is 500 g/mol. The van der Waals surface area contributed by atoms with E-state index in [9.17, 15) is 25.9 Å². The lowest BCUT2D eigenvalue weighted by Crippen LogP contribution is -2.56. The maximum Gasteiger partial charge on any atom is 0.265 e. The predicted molar refractivity (Wildman–Crippen MR) is 150 cm³/mol. The van der Waals surface area contributed by atoms with E-state index in [2.05, 4.69) is 27.9 Å². The van der Waals surface area contributed by atoms with Crippen LogP contribution in [0.25, 0.3) is 0 Å². The van der Waals surface area contributed by atoms with Gasteiger partial charge in [-0.05, 0) is 25.7 Å². The Hall–Kier alpha value is -0.260. The molecule has 0 aromatic heterocycles. The molecule has 0 aromatic rings. The molecule has 0 fully saturated rings. The summed E-state index contributed by atoms with van der Waals surface area (Å²) in [5.41, 5.74) is 0. The van der Waals surface area contributed by atoms with Crippen molar-refractivity contribution in [3.63, 3.8) is 0 Å². The topological polar surface area (TPSA) is 109 Å². The van der Waals surface area contributed by atoms with E-state index in [1.165, 1.54) is 64.2 Å². The van der Waals surface area contributed by atoms with Crippen molar-refractivity contribution >= 4 is 20.2 Å². The minimum atomic E-state index is -3.97. The zero-order valence-corrected chi connectivity index (χ0v) is 25.4. The molecule has 10 heteroatoms. The Morgan fingerprint density at radius 1 is 0.444 bits per heavy atom. The molecule has 0 amide bonds. The van der Waals surface area contributed by atoms with Crippen LogP contribution in [0.4, 0.5) is 0 Å². The van der Waals surface area contributed by atoms with Gasteiger partial charge in [0.1, 0.15) is 13.1 Å². The van der Waals surface area contributed by atoms with Crippen molar-refractivity contribution in [2.24, 2.45) is 0 Å². The van der Waals surface area contributed by atoms with Gasteiger partial charge < -0.3 is 8.97 Å². The Morgan fingerprint density at radius 2 is 0.722 bits per heavy atom. The third kappa shape index (κ3) is 21.8. The van der Waals surface area contributed by atoms with E-state index in [0.717, 1.165) is 48.0 Å². The van der Waals surface area contributed by atoms with E-state index in [0.29, 0.717) is 25.9 Å². The van der Waals surface area contributed by atoms with Gasteiger partial charge in [0, 0.05) is 12.8 Å². The summed E-state index contributed by atoms with van der Waals surface area (Å²) >= 11 is 0. The summed E-state index contributed by atoms with van der Waals surface area (Å²) < 4.78 is 65.0. The van der Waals surface area contributed by atoms with Crippen LogP contribution < -0.4 is 0 Å². The fourth-order valence-corrected chi connectivity index (χ4v) is 5.95. The first-order valence-electron chi connectivity index (χ1n) is 14.3. The van der Waals surface area contributed by atoms with Gasteiger partial charge in [-0.2, -0.15) is 16.8 Å². The number of hydrogen-bond donors (Lipinski definition) is 2. The standard InChI is InChI=1S/C26H56N2O6S2/c1-5-7-9-11-13-15-19-27(3,21-17-25-35(29,30)31)23-24-28(4,22-18-26-36(32,33)34)20-16-14-12-10-8-6-2/h5-26H2,1-4H3/p+2. The molecule has 0 saturated carbocycles. The Labute approximate surface area is 223 Å². The molecule has 2 unspecified atom stereocenters. The Bertz CT molecular complexity index is 696. The van der Waals surface area contributed by atoms with Crippen LogP contribution in [0.2, 0.25) is 0 Å². The van der Waals surface area contributed by atoms with Gasteiger partial charge in [0.25, 0.3) is 20.2 Å². The Morgan fingerprint density at radius 3 is 1.03 bits per heavy atom. The van der Waals surface area contributed by atoms with E-state index in [1.54, 1.807) is 0 Å². The highest BCUT2D eigenvalue weighted by molar-refractivity contribution is 7.86. The zero-order valence-electron chi connectivity index (χ0n) is 23.8. The van der Waals surface area contributed by atoms with E-state index < -0.39 is 20.2 Å². The SMILES string of the molecule is CCCCCCCC[N+](C)(CCCS(=O)(=O)O)CC[N+](C)(CCCCCCCC)CCCS(=O)(=O)O. The van der Waals surface area contributed by atoms with Crippen molar-refractivity contribution in [1.29, 1.82) is 0 Å². The third-order valence-electron chi connectivity index (χ3n) is 7.48. The molecule has 0 bridgehead atoms. The van der Waals surface area contributed by atoms with Crippen LogP contribution >= 0.6 is 0 Å². The largest absolute Gasteiger partial charge is 0.321 e. The summed E-state index contributed by atoms with van der Waals surface area (Å²) in [5, 5.41) is 0. The average Bonchev–Trinajstić information content (AvgIpc) is 2.76. The number of nitrogens with zero attached hydrogens (tertiary/aromatic N) is 2. The van der Waals surface area contributed by atoms with Gasteiger partial charge in [-0.15, -0.1) is 0 Å². The van der Waals surface area contributed by atoms with E-state index in [4.69, 9.17) is 0 Å². The molecule has 0 aromatic carbocycles. The number of unbranched alkanes of at least 4 members (excludes halogenated alkanes) is 10.